The molecule has 4 heteroatoms. The van der Waals surface area contributed by atoms with Gasteiger partial charge in [0.05, 0.1) is 20.3 Å². The first-order valence-electron chi connectivity index (χ1n) is 7.18. The second-order valence-electron chi connectivity index (χ2n) is 5.33. The van der Waals surface area contributed by atoms with Gasteiger partial charge in [-0.2, -0.15) is 0 Å². The van der Waals surface area contributed by atoms with Gasteiger partial charge in [-0.15, -0.1) is 0 Å². The number of amides is 1. The summed E-state index contributed by atoms with van der Waals surface area (Å²) in [6.07, 6.45) is 4.38. The van der Waals surface area contributed by atoms with Crippen molar-refractivity contribution in [1.29, 1.82) is 0 Å². The van der Waals surface area contributed by atoms with E-state index in [-0.39, 0.29) is 17.9 Å². The molecule has 0 unspecified atom stereocenters. The zero-order valence-corrected chi connectivity index (χ0v) is 12.4. The third-order valence-corrected chi connectivity index (χ3v) is 3.99. The van der Waals surface area contributed by atoms with Crippen LogP contribution in [-0.4, -0.2) is 20.1 Å². The van der Waals surface area contributed by atoms with Gasteiger partial charge in [-0.25, -0.2) is 0 Å². The summed E-state index contributed by atoms with van der Waals surface area (Å²) in [6, 6.07) is 5.72. The Morgan fingerprint density at radius 1 is 1.20 bits per heavy atom. The van der Waals surface area contributed by atoms with Gasteiger partial charge in [0.15, 0.2) is 11.5 Å². The lowest BCUT2D eigenvalue weighted by Gasteiger charge is -2.18. The van der Waals surface area contributed by atoms with Gasteiger partial charge in [0.25, 0.3) is 0 Å². The number of ether oxygens (including phenoxy) is 2. The maximum atomic E-state index is 12.1. The van der Waals surface area contributed by atoms with Crippen LogP contribution in [0.4, 0.5) is 0 Å². The van der Waals surface area contributed by atoms with Gasteiger partial charge in [0.2, 0.25) is 5.91 Å². The molecule has 0 bridgehead atoms. The van der Waals surface area contributed by atoms with E-state index in [0.29, 0.717) is 11.5 Å². The third kappa shape index (κ3) is 3.24. The lowest BCUT2D eigenvalue weighted by molar-refractivity contribution is -0.125. The van der Waals surface area contributed by atoms with E-state index in [1.807, 2.05) is 25.1 Å². The normalized spacial score (nSPS) is 16.8. The molecule has 110 valence electrons. The van der Waals surface area contributed by atoms with Crippen LogP contribution in [0.25, 0.3) is 0 Å². The van der Waals surface area contributed by atoms with Gasteiger partial charge in [-0.05, 0) is 37.5 Å². The molecule has 0 heterocycles. The maximum Gasteiger partial charge on any atom is 0.223 e. The summed E-state index contributed by atoms with van der Waals surface area (Å²) in [6.45, 7) is 1.99. The third-order valence-electron chi connectivity index (χ3n) is 3.99. The number of rotatable bonds is 5. The van der Waals surface area contributed by atoms with Gasteiger partial charge in [0.1, 0.15) is 0 Å². The van der Waals surface area contributed by atoms with Crippen molar-refractivity contribution in [2.75, 3.05) is 14.2 Å². The fourth-order valence-corrected chi connectivity index (χ4v) is 2.72. The SMILES string of the molecule is COc1ccc([C@@H](C)NC(=O)C2CCCC2)cc1OC. The molecular formula is C16H23NO3. The van der Waals surface area contributed by atoms with Gasteiger partial charge in [-0.3, -0.25) is 4.79 Å². The second kappa shape index (κ2) is 6.64. The zero-order valence-electron chi connectivity index (χ0n) is 12.4. The quantitative estimate of drug-likeness (QED) is 0.899. The molecule has 0 saturated heterocycles. The first-order chi connectivity index (χ1) is 9.65. The minimum atomic E-state index is -0.0251. The van der Waals surface area contributed by atoms with Crippen molar-refractivity contribution in [3.63, 3.8) is 0 Å². The molecule has 1 atom stereocenters. The monoisotopic (exact) mass is 277 g/mol. The van der Waals surface area contributed by atoms with E-state index < -0.39 is 0 Å². The minimum Gasteiger partial charge on any atom is -0.493 e. The van der Waals surface area contributed by atoms with E-state index in [1.165, 1.54) is 12.8 Å². The predicted octanol–water partition coefficient (Wildman–Crippen LogP) is 3.07. The molecule has 1 N–H and O–H groups in total. The standard InChI is InChI=1S/C16H23NO3/c1-11(17-16(18)12-6-4-5-7-12)13-8-9-14(19-2)15(10-13)20-3/h8-12H,4-7H2,1-3H3,(H,17,18)/t11-/m1/s1. The molecule has 1 saturated carbocycles. The van der Waals surface area contributed by atoms with Crippen molar-refractivity contribution >= 4 is 5.91 Å². The summed E-state index contributed by atoms with van der Waals surface area (Å²) in [5.74, 6) is 1.75. The van der Waals surface area contributed by atoms with Crippen LogP contribution in [0.5, 0.6) is 11.5 Å². The molecule has 0 spiro atoms. The van der Waals surface area contributed by atoms with Crippen LogP contribution in [0.2, 0.25) is 0 Å². The van der Waals surface area contributed by atoms with Crippen LogP contribution in [0.15, 0.2) is 18.2 Å². The summed E-state index contributed by atoms with van der Waals surface area (Å²) in [5, 5.41) is 3.09. The average molecular weight is 277 g/mol. The molecule has 1 fully saturated rings. The predicted molar refractivity (Wildman–Crippen MR) is 78.1 cm³/mol. The number of methoxy groups -OCH3 is 2. The summed E-state index contributed by atoms with van der Waals surface area (Å²) in [7, 11) is 3.23. The average Bonchev–Trinajstić information content (AvgIpc) is 3.00. The molecule has 0 aliphatic heterocycles. The van der Waals surface area contributed by atoms with Crippen molar-refractivity contribution in [2.24, 2.45) is 5.92 Å². The van der Waals surface area contributed by atoms with E-state index in [4.69, 9.17) is 9.47 Å². The topological polar surface area (TPSA) is 47.6 Å². The van der Waals surface area contributed by atoms with E-state index in [9.17, 15) is 4.79 Å². The van der Waals surface area contributed by atoms with Crippen LogP contribution in [0.3, 0.4) is 0 Å². The Bertz CT molecular complexity index is 467. The van der Waals surface area contributed by atoms with Gasteiger partial charge in [-0.1, -0.05) is 18.9 Å². The van der Waals surface area contributed by atoms with Crippen LogP contribution in [-0.2, 0) is 4.79 Å². The molecular weight excluding hydrogens is 254 g/mol. The van der Waals surface area contributed by atoms with Crippen LogP contribution in [0, 0.1) is 5.92 Å². The highest BCUT2D eigenvalue weighted by Gasteiger charge is 2.24. The Hall–Kier alpha value is -1.71. The number of carbonyl (C=O) groups is 1. The molecule has 20 heavy (non-hydrogen) atoms. The number of carbonyl (C=O) groups excluding carboxylic acids is 1. The largest absolute Gasteiger partial charge is 0.493 e. The highest BCUT2D eigenvalue weighted by molar-refractivity contribution is 5.79. The Labute approximate surface area is 120 Å². The van der Waals surface area contributed by atoms with Crippen molar-refractivity contribution < 1.29 is 14.3 Å². The first-order valence-corrected chi connectivity index (χ1v) is 7.18. The molecule has 4 nitrogen and oxygen atoms in total. The van der Waals surface area contributed by atoms with Gasteiger partial charge < -0.3 is 14.8 Å². The zero-order chi connectivity index (χ0) is 14.5. The maximum absolute atomic E-state index is 12.1. The lowest BCUT2D eigenvalue weighted by atomic mass is 10.0. The molecule has 1 aromatic rings. The molecule has 0 aromatic heterocycles. The van der Waals surface area contributed by atoms with Crippen molar-refractivity contribution in [1.82, 2.24) is 5.32 Å². The van der Waals surface area contributed by atoms with Crippen LogP contribution >= 0.6 is 0 Å². The smallest absolute Gasteiger partial charge is 0.223 e. The minimum absolute atomic E-state index is 0.0251. The Morgan fingerprint density at radius 3 is 2.45 bits per heavy atom. The fourth-order valence-electron chi connectivity index (χ4n) is 2.72. The summed E-state index contributed by atoms with van der Waals surface area (Å²) in [4.78, 5) is 12.1. The van der Waals surface area contributed by atoms with E-state index in [0.717, 1.165) is 18.4 Å². The van der Waals surface area contributed by atoms with E-state index in [1.54, 1.807) is 14.2 Å². The van der Waals surface area contributed by atoms with Crippen LogP contribution in [0.1, 0.15) is 44.2 Å². The van der Waals surface area contributed by atoms with Gasteiger partial charge >= 0.3 is 0 Å². The Balaban J connectivity index is 2.04. The molecule has 1 amide bonds. The fraction of sp³-hybridized carbons (Fsp3) is 0.562. The molecule has 1 aromatic carbocycles. The highest BCUT2D eigenvalue weighted by Crippen LogP contribution is 2.30. The van der Waals surface area contributed by atoms with E-state index >= 15 is 0 Å². The molecule has 0 radical (unpaired) electrons. The summed E-state index contributed by atoms with van der Waals surface area (Å²) in [5.41, 5.74) is 1.02. The van der Waals surface area contributed by atoms with Crippen molar-refractivity contribution in [2.45, 2.75) is 38.6 Å². The van der Waals surface area contributed by atoms with Crippen molar-refractivity contribution in [3.8, 4) is 11.5 Å². The number of benzene rings is 1. The van der Waals surface area contributed by atoms with Crippen molar-refractivity contribution in [3.05, 3.63) is 23.8 Å². The number of hydrogen-bond donors (Lipinski definition) is 1. The summed E-state index contributed by atoms with van der Waals surface area (Å²) >= 11 is 0. The first kappa shape index (κ1) is 14.7. The number of hydrogen-bond acceptors (Lipinski definition) is 3. The highest BCUT2D eigenvalue weighted by atomic mass is 16.5. The summed E-state index contributed by atoms with van der Waals surface area (Å²) < 4.78 is 10.5. The van der Waals surface area contributed by atoms with Crippen LogP contribution < -0.4 is 14.8 Å². The molecule has 1 aliphatic carbocycles. The van der Waals surface area contributed by atoms with E-state index in [2.05, 4.69) is 5.32 Å². The molecule has 1 aliphatic rings. The van der Waals surface area contributed by atoms with Gasteiger partial charge in [0, 0.05) is 5.92 Å². The molecule has 2 rings (SSSR count). The Kier molecular flexibility index (Phi) is 4.88. The second-order valence-corrected chi connectivity index (χ2v) is 5.33. The lowest BCUT2D eigenvalue weighted by Crippen LogP contribution is -2.31. The number of nitrogens with one attached hydrogen (secondary N) is 1. The Morgan fingerprint density at radius 2 is 1.85 bits per heavy atom.